The number of rotatable bonds is 6. The number of carbonyl (C=O) groups is 1. The van der Waals surface area contributed by atoms with Gasteiger partial charge in [0.15, 0.2) is 0 Å². The first-order chi connectivity index (χ1) is 14.4. The Bertz CT molecular complexity index is 1160. The SMILES string of the molecule is Cc1cc(C)c(CNC(=O)c2ccc([C@@H](C)Oc3ccccc3C#N)cc2)c(=O)[nH]1. The number of aromatic amines is 1. The first-order valence-electron chi connectivity index (χ1n) is 9.62. The fourth-order valence-electron chi connectivity index (χ4n) is 3.20. The topological polar surface area (TPSA) is 95.0 Å². The third kappa shape index (κ3) is 4.76. The molecule has 3 aromatic rings. The van der Waals surface area contributed by atoms with Gasteiger partial charge in [-0.3, -0.25) is 9.59 Å². The minimum absolute atomic E-state index is 0.159. The second-order valence-electron chi connectivity index (χ2n) is 7.12. The number of para-hydroxylation sites is 1. The molecule has 0 saturated heterocycles. The number of aromatic nitrogens is 1. The molecular weight excluding hydrogens is 378 g/mol. The molecule has 152 valence electrons. The number of amides is 1. The minimum atomic E-state index is -0.287. The molecule has 2 aromatic carbocycles. The van der Waals surface area contributed by atoms with Gasteiger partial charge in [-0.2, -0.15) is 5.26 Å². The van der Waals surface area contributed by atoms with Crippen LogP contribution in [0.1, 0.15) is 51.3 Å². The number of benzene rings is 2. The molecule has 1 amide bonds. The van der Waals surface area contributed by atoms with Crippen molar-refractivity contribution in [2.45, 2.75) is 33.4 Å². The summed E-state index contributed by atoms with van der Waals surface area (Å²) in [5, 5.41) is 12.0. The van der Waals surface area contributed by atoms with Crippen molar-refractivity contribution in [3.63, 3.8) is 0 Å². The second-order valence-corrected chi connectivity index (χ2v) is 7.12. The van der Waals surface area contributed by atoms with Gasteiger partial charge in [-0.25, -0.2) is 0 Å². The zero-order valence-electron chi connectivity index (χ0n) is 17.2. The van der Waals surface area contributed by atoms with Crippen LogP contribution in [0.25, 0.3) is 0 Å². The Morgan fingerprint density at radius 2 is 1.87 bits per heavy atom. The van der Waals surface area contributed by atoms with Crippen molar-refractivity contribution in [3.05, 3.63) is 98.5 Å². The number of hydrogen-bond acceptors (Lipinski definition) is 4. The van der Waals surface area contributed by atoms with Gasteiger partial charge in [-0.15, -0.1) is 0 Å². The third-order valence-corrected chi connectivity index (χ3v) is 4.87. The Kier molecular flexibility index (Phi) is 6.33. The number of H-pyrrole nitrogens is 1. The van der Waals surface area contributed by atoms with Crippen LogP contribution in [0.15, 0.2) is 59.4 Å². The number of hydrogen-bond donors (Lipinski definition) is 2. The molecule has 6 nitrogen and oxygen atoms in total. The first kappa shape index (κ1) is 20.9. The largest absolute Gasteiger partial charge is 0.485 e. The van der Waals surface area contributed by atoms with E-state index in [2.05, 4.69) is 16.4 Å². The predicted octanol–water partition coefficient (Wildman–Crippen LogP) is 3.93. The summed E-state index contributed by atoms with van der Waals surface area (Å²) in [6, 6.07) is 18.1. The van der Waals surface area contributed by atoms with E-state index >= 15 is 0 Å². The summed E-state index contributed by atoms with van der Waals surface area (Å²) in [6.07, 6.45) is -0.287. The highest BCUT2D eigenvalue weighted by atomic mass is 16.5. The minimum Gasteiger partial charge on any atom is -0.485 e. The van der Waals surface area contributed by atoms with Crippen LogP contribution in [0.4, 0.5) is 0 Å². The van der Waals surface area contributed by atoms with Crippen LogP contribution in [0, 0.1) is 25.2 Å². The summed E-state index contributed by atoms with van der Waals surface area (Å²) in [5.41, 5.74) is 3.83. The number of ether oxygens (including phenoxy) is 1. The molecule has 0 unspecified atom stereocenters. The van der Waals surface area contributed by atoms with Crippen molar-refractivity contribution in [2.75, 3.05) is 0 Å². The summed E-state index contributed by atoms with van der Waals surface area (Å²) in [4.78, 5) is 27.3. The summed E-state index contributed by atoms with van der Waals surface area (Å²) < 4.78 is 5.90. The number of nitriles is 1. The van der Waals surface area contributed by atoms with Crippen LogP contribution >= 0.6 is 0 Å². The lowest BCUT2D eigenvalue weighted by molar-refractivity contribution is 0.0950. The molecular formula is C24H23N3O3. The van der Waals surface area contributed by atoms with Gasteiger partial charge in [0, 0.05) is 23.4 Å². The van der Waals surface area contributed by atoms with E-state index in [0.29, 0.717) is 22.4 Å². The maximum Gasteiger partial charge on any atom is 0.253 e. The van der Waals surface area contributed by atoms with Gasteiger partial charge in [0.2, 0.25) is 0 Å². The van der Waals surface area contributed by atoms with Crippen LogP contribution in [0.2, 0.25) is 0 Å². The molecule has 30 heavy (non-hydrogen) atoms. The van der Waals surface area contributed by atoms with Crippen molar-refractivity contribution in [1.82, 2.24) is 10.3 Å². The molecule has 3 rings (SSSR count). The fraction of sp³-hybridized carbons (Fsp3) is 0.208. The number of nitrogens with zero attached hydrogens (tertiary/aromatic N) is 1. The van der Waals surface area contributed by atoms with Gasteiger partial charge in [-0.05, 0) is 62.2 Å². The summed E-state index contributed by atoms with van der Waals surface area (Å²) >= 11 is 0. The van der Waals surface area contributed by atoms with E-state index in [1.54, 1.807) is 30.3 Å². The van der Waals surface area contributed by atoms with Crippen molar-refractivity contribution < 1.29 is 9.53 Å². The number of nitrogens with one attached hydrogen (secondary N) is 2. The molecule has 0 radical (unpaired) electrons. The Morgan fingerprint density at radius 3 is 2.53 bits per heavy atom. The van der Waals surface area contributed by atoms with Gasteiger partial charge in [0.05, 0.1) is 5.56 Å². The lowest BCUT2D eigenvalue weighted by Gasteiger charge is -2.16. The average molecular weight is 401 g/mol. The molecule has 0 bridgehead atoms. The van der Waals surface area contributed by atoms with Gasteiger partial charge in [0.1, 0.15) is 17.9 Å². The molecule has 1 heterocycles. The van der Waals surface area contributed by atoms with Crippen LogP contribution in [0.3, 0.4) is 0 Å². The standard InChI is InChI=1S/C24H23N3O3/c1-15-12-16(2)27-24(29)21(15)14-26-23(28)19-10-8-18(9-11-19)17(3)30-22-7-5-4-6-20(22)13-25/h4-12,17H,14H2,1-3H3,(H,26,28)(H,27,29)/t17-/m1/s1. The molecule has 0 aliphatic rings. The normalized spacial score (nSPS) is 11.4. The summed E-state index contributed by atoms with van der Waals surface area (Å²) in [7, 11) is 0. The van der Waals surface area contributed by atoms with Gasteiger partial charge < -0.3 is 15.0 Å². The Balaban J connectivity index is 1.66. The van der Waals surface area contributed by atoms with E-state index in [0.717, 1.165) is 16.8 Å². The highest BCUT2D eigenvalue weighted by Crippen LogP contribution is 2.25. The number of pyridine rings is 1. The lowest BCUT2D eigenvalue weighted by Crippen LogP contribution is -2.27. The molecule has 0 saturated carbocycles. The van der Waals surface area contributed by atoms with E-state index in [-0.39, 0.29) is 24.1 Å². The monoisotopic (exact) mass is 401 g/mol. The van der Waals surface area contributed by atoms with E-state index in [4.69, 9.17) is 4.74 Å². The number of aryl methyl sites for hydroxylation is 2. The van der Waals surface area contributed by atoms with Crippen molar-refractivity contribution >= 4 is 5.91 Å². The molecule has 1 aromatic heterocycles. The number of carbonyl (C=O) groups excluding carboxylic acids is 1. The quantitative estimate of drug-likeness (QED) is 0.654. The van der Waals surface area contributed by atoms with Crippen molar-refractivity contribution in [3.8, 4) is 11.8 Å². The summed E-state index contributed by atoms with van der Waals surface area (Å²) in [5.74, 6) is 0.261. The van der Waals surface area contributed by atoms with E-state index in [1.807, 2.05) is 45.0 Å². The Morgan fingerprint density at radius 1 is 1.17 bits per heavy atom. The zero-order valence-corrected chi connectivity index (χ0v) is 17.2. The lowest BCUT2D eigenvalue weighted by atomic mass is 10.1. The highest BCUT2D eigenvalue weighted by Gasteiger charge is 2.13. The van der Waals surface area contributed by atoms with Crippen LogP contribution in [-0.2, 0) is 6.54 Å². The van der Waals surface area contributed by atoms with Gasteiger partial charge in [-0.1, -0.05) is 24.3 Å². The molecule has 0 aliphatic carbocycles. The zero-order chi connectivity index (χ0) is 21.7. The fourth-order valence-corrected chi connectivity index (χ4v) is 3.20. The second kappa shape index (κ2) is 9.10. The van der Waals surface area contributed by atoms with E-state index < -0.39 is 0 Å². The van der Waals surface area contributed by atoms with Gasteiger partial charge >= 0.3 is 0 Å². The van der Waals surface area contributed by atoms with E-state index in [1.165, 1.54) is 0 Å². The molecule has 2 N–H and O–H groups in total. The van der Waals surface area contributed by atoms with Crippen LogP contribution < -0.4 is 15.6 Å². The van der Waals surface area contributed by atoms with Crippen molar-refractivity contribution in [1.29, 1.82) is 5.26 Å². The molecule has 0 spiro atoms. The van der Waals surface area contributed by atoms with Gasteiger partial charge in [0.25, 0.3) is 11.5 Å². The summed E-state index contributed by atoms with van der Waals surface area (Å²) in [6.45, 7) is 5.72. The molecule has 1 atom stereocenters. The first-order valence-corrected chi connectivity index (χ1v) is 9.62. The van der Waals surface area contributed by atoms with Crippen molar-refractivity contribution in [2.24, 2.45) is 0 Å². The smallest absolute Gasteiger partial charge is 0.253 e. The molecule has 0 aliphatic heterocycles. The van der Waals surface area contributed by atoms with Crippen LogP contribution in [-0.4, -0.2) is 10.9 Å². The maximum atomic E-state index is 12.5. The van der Waals surface area contributed by atoms with E-state index in [9.17, 15) is 14.9 Å². The average Bonchev–Trinajstić information content (AvgIpc) is 2.73. The molecule has 6 heteroatoms. The molecule has 0 fully saturated rings. The predicted molar refractivity (Wildman–Crippen MR) is 114 cm³/mol. The highest BCUT2D eigenvalue weighted by molar-refractivity contribution is 5.94. The third-order valence-electron chi connectivity index (χ3n) is 4.87. The van der Waals surface area contributed by atoms with Crippen LogP contribution in [0.5, 0.6) is 5.75 Å². The Labute approximate surface area is 175 Å². The Hall–Kier alpha value is -3.85. The maximum absolute atomic E-state index is 12.5.